The molecule has 4 amide bonds. The molecule has 2 aromatic carbocycles. The number of aryl methyl sites for hydroxylation is 1. The van der Waals surface area contributed by atoms with Gasteiger partial charge in [-0.25, -0.2) is 9.69 Å². The number of urea groups is 1. The minimum atomic E-state index is -0.749. The third-order valence-electron chi connectivity index (χ3n) is 4.02. The van der Waals surface area contributed by atoms with Gasteiger partial charge in [0.2, 0.25) is 0 Å². The van der Waals surface area contributed by atoms with Crippen LogP contribution in [0.15, 0.2) is 42.0 Å². The smallest absolute Gasteiger partial charge is 0.335 e. The van der Waals surface area contributed by atoms with Crippen molar-refractivity contribution in [3.8, 4) is 0 Å². The summed E-state index contributed by atoms with van der Waals surface area (Å²) in [5.41, 5.74) is 3.02. The highest BCUT2D eigenvalue weighted by Gasteiger charge is 2.36. The number of benzene rings is 2. The molecule has 1 heterocycles. The van der Waals surface area contributed by atoms with Gasteiger partial charge in [0.1, 0.15) is 5.57 Å². The molecule has 0 saturated carbocycles. The van der Waals surface area contributed by atoms with Crippen molar-refractivity contribution in [2.75, 3.05) is 17.3 Å². The molecule has 1 saturated heterocycles. The maximum atomic E-state index is 12.9. The minimum Gasteiger partial charge on any atom is -0.386 e. The first-order valence-electron chi connectivity index (χ1n) is 7.96. The van der Waals surface area contributed by atoms with E-state index in [1.165, 1.54) is 6.08 Å². The Labute approximate surface area is 183 Å². The van der Waals surface area contributed by atoms with Crippen molar-refractivity contribution in [1.29, 1.82) is 0 Å². The molecular formula is C19H15I2N3O3. The fraction of sp³-hybridized carbons (Fsp3) is 0.105. The van der Waals surface area contributed by atoms with E-state index < -0.39 is 17.8 Å². The summed E-state index contributed by atoms with van der Waals surface area (Å²) in [6.07, 6.45) is 1.51. The van der Waals surface area contributed by atoms with Crippen molar-refractivity contribution in [2.24, 2.45) is 0 Å². The Bertz CT molecular complexity index is 961. The highest BCUT2D eigenvalue weighted by Crippen LogP contribution is 2.28. The molecule has 8 heteroatoms. The van der Waals surface area contributed by atoms with Crippen LogP contribution in [0, 0.1) is 14.1 Å². The third-order valence-corrected chi connectivity index (χ3v) is 5.72. The average molecular weight is 587 g/mol. The van der Waals surface area contributed by atoms with Gasteiger partial charge in [-0.3, -0.25) is 14.9 Å². The van der Waals surface area contributed by atoms with E-state index in [4.69, 9.17) is 0 Å². The average Bonchev–Trinajstić information content (AvgIpc) is 2.60. The van der Waals surface area contributed by atoms with Crippen molar-refractivity contribution < 1.29 is 14.4 Å². The van der Waals surface area contributed by atoms with Gasteiger partial charge in [0.25, 0.3) is 11.8 Å². The summed E-state index contributed by atoms with van der Waals surface area (Å²) in [6.45, 7) is 1.91. The second-order valence-corrected chi connectivity index (χ2v) is 8.23. The van der Waals surface area contributed by atoms with Gasteiger partial charge in [-0.2, -0.15) is 0 Å². The summed E-state index contributed by atoms with van der Waals surface area (Å²) in [7, 11) is 1.83. The van der Waals surface area contributed by atoms with Crippen LogP contribution in [0.5, 0.6) is 0 Å². The molecule has 0 aromatic heterocycles. The van der Waals surface area contributed by atoms with Crippen LogP contribution in [0.2, 0.25) is 0 Å². The topological polar surface area (TPSA) is 78.5 Å². The van der Waals surface area contributed by atoms with Crippen molar-refractivity contribution in [3.05, 3.63) is 60.2 Å². The van der Waals surface area contributed by atoms with Crippen molar-refractivity contribution in [1.82, 2.24) is 5.32 Å². The van der Waals surface area contributed by atoms with E-state index in [0.29, 0.717) is 11.3 Å². The lowest BCUT2D eigenvalue weighted by molar-refractivity contribution is -0.122. The van der Waals surface area contributed by atoms with E-state index in [1.807, 2.05) is 26.1 Å². The molecule has 2 N–H and O–H groups in total. The fourth-order valence-electron chi connectivity index (χ4n) is 2.67. The van der Waals surface area contributed by atoms with Gasteiger partial charge in [-0.05, 0) is 88.0 Å². The zero-order chi connectivity index (χ0) is 19.7. The summed E-state index contributed by atoms with van der Waals surface area (Å²) in [6, 6.07) is 9.94. The predicted molar refractivity (Wildman–Crippen MR) is 122 cm³/mol. The Morgan fingerprint density at radius 1 is 1.04 bits per heavy atom. The van der Waals surface area contributed by atoms with Gasteiger partial charge in [0.05, 0.1) is 11.4 Å². The van der Waals surface area contributed by atoms with E-state index in [-0.39, 0.29) is 5.57 Å². The van der Waals surface area contributed by atoms with Gasteiger partial charge in [-0.15, -0.1) is 0 Å². The number of halogens is 2. The van der Waals surface area contributed by atoms with Gasteiger partial charge >= 0.3 is 6.03 Å². The number of hydrogen-bond donors (Lipinski definition) is 2. The highest BCUT2D eigenvalue weighted by atomic mass is 127. The lowest BCUT2D eigenvalue weighted by Crippen LogP contribution is -2.54. The molecule has 27 heavy (non-hydrogen) atoms. The first-order chi connectivity index (χ1) is 12.8. The molecule has 0 radical (unpaired) electrons. The number of carbonyl (C=O) groups is 3. The van der Waals surface area contributed by atoms with Gasteiger partial charge in [0.15, 0.2) is 0 Å². The van der Waals surface area contributed by atoms with E-state index in [1.54, 1.807) is 24.3 Å². The zero-order valence-corrected chi connectivity index (χ0v) is 18.8. The summed E-state index contributed by atoms with van der Waals surface area (Å²) in [5.74, 6) is -1.34. The molecule has 1 aliphatic rings. The number of nitrogens with zero attached hydrogens (tertiary/aromatic N) is 1. The normalized spacial score (nSPS) is 15.9. The van der Waals surface area contributed by atoms with Crippen molar-refractivity contribution in [3.63, 3.8) is 0 Å². The molecule has 2 aromatic rings. The quantitative estimate of drug-likeness (QED) is 0.325. The predicted octanol–water partition coefficient (Wildman–Crippen LogP) is 3.91. The van der Waals surface area contributed by atoms with E-state index >= 15 is 0 Å². The monoisotopic (exact) mass is 587 g/mol. The van der Waals surface area contributed by atoms with E-state index in [0.717, 1.165) is 23.3 Å². The minimum absolute atomic E-state index is 0.0843. The van der Waals surface area contributed by atoms with Crippen LogP contribution >= 0.6 is 45.2 Å². The summed E-state index contributed by atoms with van der Waals surface area (Å²) < 4.78 is 1.92. The van der Waals surface area contributed by atoms with Crippen LogP contribution in [-0.2, 0) is 9.59 Å². The van der Waals surface area contributed by atoms with Crippen LogP contribution in [0.4, 0.5) is 16.2 Å². The first-order valence-corrected chi connectivity index (χ1v) is 10.1. The molecule has 6 nitrogen and oxygen atoms in total. The molecule has 0 bridgehead atoms. The molecule has 0 spiro atoms. The molecule has 3 rings (SSSR count). The first kappa shape index (κ1) is 19.8. The fourth-order valence-corrected chi connectivity index (χ4v) is 5.02. The van der Waals surface area contributed by atoms with Crippen LogP contribution in [0.3, 0.4) is 0 Å². The molecule has 0 atom stereocenters. The molecule has 0 unspecified atom stereocenters. The van der Waals surface area contributed by atoms with Crippen molar-refractivity contribution >= 4 is 80.5 Å². The maximum Gasteiger partial charge on any atom is 0.335 e. The Hall–Kier alpha value is -1.95. The van der Waals surface area contributed by atoms with Gasteiger partial charge in [0, 0.05) is 14.2 Å². The number of carbonyl (C=O) groups excluding carboxylic acids is 3. The number of nitrogens with one attached hydrogen (secondary N) is 2. The van der Waals surface area contributed by atoms with E-state index in [9.17, 15) is 14.4 Å². The molecule has 0 aliphatic carbocycles. The van der Waals surface area contributed by atoms with Crippen LogP contribution in [-0.4, -0.2) is 24.9 Å². The van der Waals surface area contributed by atoms with Crippen LogP contribution in [0.1, 0.15) is 11.1 Å². The Balaban J connectivity index is 2.03. The van der Waals surface area contributed by atoms with Gasteiger partial charge < -0.3 is 5.32 Å². The lowest BCUT2D eigenvalue weighted by Gasteiger charge is -2.26. The van der Waals surface area contributed by atoms with Crippen molar-refractivity contribution in [2.45, 2.75) is 6.92 Å². The number of anilines is 2. The number of barbiturate groups is 1. The summed E-state index contributed by atoms with van der Waals surface area (Å²) in [5, 5.41) is 5.35. The Morgan fingerprint density at radius 3 is 2.19 bits per heavy atom. The molecule has 138 valence electrons. The Morgan fingerprint density at radius 2 is 1.63 bits per heavy atom. The summed E-state index contributed by atoms with van der Waals surface area (Å²) >= 11 is 4.38. The second kappa shape index (κ2) is 7.97. The van der Waals surface area contributed by atoms with Gasteiger partial charge in [-0.1, -0.05) is 17.7 Å². The molecule has 1 aliphatic heterocycles. The van der Waals surface area contributed by atoms with E-state index in [2.05, 4.69) is 55.8 Å². The number of rotatable bonds is 3. The molecule has 1 fully saturated rings. The standard InChI is InChI=1S/C19H15I2N3O3/c1-10-3-5-12(6-4-10)24-18(26)13(17(25)23-19(24)27)7-11-8-14(20)16(22-2)15(21)9-11/h3-9,22H,1-2H3,(H,23,25,27)/b13-7+. The zero-order valence-electron chi connectivity index (χ0n) is 14.5. The Kier molecular flexibility index (Phi) is 5.84. The third kappa shape index (κ3) is 4.00. The second-order valence-electron chi connectivity index (χ2n) is 5.90. The maximum absolute atomic E-state index is 12.9. The lowest BCUT2D eigenvalue weighted by atomic mass is 10.1. The van der Waals surface area contributed by atoms with Crippen LogP contribution < -0.4 is 15.5 Å². The number of hydrogen-bond acceptors (Lipinski definition) is 4. The largest absolute Gasteiger partial charge is 0.386 e. The highest BCUT2D eigenvalue weighted by molar-refractivity contribution is 14.1. The summed E-state index contributed by atoms with van der Waals surface area (Å²) in [4.78, 5) is 38.4. The SMILES string of the molecule is CNc1c(I)cc(/C=C2\C(=O)NC(=O)N(c3ccc(C)cc3)C2=O)cc1I. The number of amides is 4. The molecular weight excluding hydrogens is 572 g/mol. The number of imide groups is 2. The van der Waals surface area contributed by atoms with Crippen LogP contribution in [0.25, 0.3) is 6.08 Å².